The fraction of sp³-hybridized carbons (Fsp3) is 0.625. The highest BCUT2D eigenvalue weighted by molar-refractivity contribution is 5.95. The summed E-state index contributed by atoms with van der Waals surface area (Å²) in [4.78, 5) is 32.1. The fourth-order valence-corrected chi connectivity index (χ4v) is 4.01. The molecule has 0 bridgehead atoms. The lowest BCUT2D eigenvalue weighted by Gasteiger charge is -2.33. The van der Waals surface area contributed by atoms with E-state index in [2.05, 4.69) is 15.6 Å². The lowest BCUT2D eigenvalue weighted by Crippen LogP contribution is -2.45. The van der Waals surface area contributed by atoms with Gasteiger partial charge in [0.1, 0.15) is 5.60 Å². The zero-order valence-corrected chi connectivity index (χ0v) is 19.8. The molecular weight excluding hydrogens is 406 g/mol. The Morgan fingerprint density at radius 2 is 1.81 bits per heavy atom. The molecule has 2 aliphatic heterocycles. The topological polar surface area (TPSA) is 86.3 Å². The molecule has 1 aromatic carbocycles. The van der Waals surface area contributed by atoms with Crippen LogP contribution in [0.4, 0.5) is 10.5 Å². The number of amides is 2. The maximum atomic E-state index is 12.2. The quantitative estimate of drug-likeness (QED) is 0.539. The smallest absolute Gasteiger partial charge is 0.410 e. The van der Waals surface area contributed by atoms with Crippen molar-refractivity contribution in [2.75, 3.05) is 38.1 Å². The number of anilines is 1. The Labute approximate surface area is 191 Å². The molecule has 1 aromatic rings. The van der Waals surface area contributed by atoms with Crippen molar-refractivity contribution < 1.29 is 14.3 Å². The van der Waals surface area contributed by atoms with Crippen molar-refractivity contribution in [2.24, 2.45) is 10.9 Å². The Balaban J connectivity index is 1.38. The summed E-state index contributed by atoms with van der Waals surface area (Å²) in [6.07, 6.45) is 3.25. The van der Waals surface area contributed by atoms with Crippen LogP contribution >= 0.6 is 0 Å². The number of hydrogen-bond acceptors (Lipinski definition) is 4. The summed E-state index contributed by atoms with van der Waals surface area (Å²) in [6.45, 7) is 9.40. The summed E-state index contributed by atoms with van der Waals surface area (Å²) < 4.78 is 5.47. The monoisotopic (exact) mass is 443 g/mol. The molecule has 2 amide bonds. The Kier molecular flexibility index (Phi) is 7.99. The van der Waals surface area contributed by atoms with Crippen LogP contribution in [0, 0.1) is 5.92 Å². The van der Waals surface area contributed by atoms with Crippen molar-refractivity contribution in [3.63, 3.8) is 0 Å². The number of aliphatic imine (C=N–C) groups is 1. The number of carbonyl (C=O) groups excluding carboxylic acids is 2. The molecule has 2 fully saturated rings. The molecule has 3 rings (SSSR count). The molecule has 2 N–H and O–H groups in total. The second kappa shape index (κ2) is 10.7. The molecule has 2 heterocycles. The van der Waals surface area contributed by atoms with E-state index in [4.69, 9.17) is 4.74 Å². The molecule has 0 unspecified atom stereocenters. The molecule has 2 saturated heterocycles. The zero-order valence-electron chi connectivity index (χ0n) is 19.8. The van der Waals surface area contributed by atoms with Crippen LogP contribution in [-0.4, -0.2) is 61.7 Å². The van der Waals surface area contributed by atoms with E-state index in [1.807, 2.05) is 49.9 Å². The summed E-state index contributed by atoms with van der Waals surface area (Å²) in [5.41, 5.74) is 1.64. The second-order valence-corrected chi connectivity index (χ2v) is 9.53. The van der Waals surface area contributed by atoms with Gasteiger partial charge >= 0.3 is 6.09 Å². The molecule has 0 saturated carbocycles. The molecule has 0 aliphatic carbocycles. The van der Waals surface area contributed by atoms with Crippen molar-refractivity contribution in [1.82, 2.24) is 15.5 Å². The van der Waals surface area contributed by atoms with E-state index >= 15 is 0 Å². The number of nitrogens with zero attached hydrogens (tertiary/aromatic N) is 3. The van der Waals surface area contributed by atoms with Gasteiger partial charge < -0.3 is 25.2 Å². The molecule has 0 radical (unpaired) electrons. The number of carbonyl (C=O) groups is 2. The molecule has 32 heavy (non-hydrogen) atoms. The van der Waals surface area contributed by atoms with E-state index in [0.717, 1.165) is 62.7 Å². The Morgan fingerprint density at radius 3 is 2.38 bits per heavy atom. The van der Waals surface area contributed by atoms with Crippen molar-refractivity contribution in [1.29, 1.82) is 0 Å². The molecule has 2 aliphatic rings. The number of ether oxygens (including phenoxy) is 1. The first-order chi connectivity index (χ1) is 15.2. The summed E-state index contributed by atoms with van der Waals surface area (Å²) >= 11 is 0. The van der Waals surface area contributed by atoms with Crippen LogP contribution in [0.2, 0.25) is 0 Å². The predicted molar refractivity (Wildman–Crippen MR) is 127 cm³/mol. The van der Waals surface area contributed by atoms with Crippen LogP contribution in [0.5, 0.6) is 0 Å². The van der Waals surface area contributed by atoms with Gasteiger partial charge in [0.25, 0.3) is 0 Å². The third kappa shape index (κ3) is 6.87. The highest BCUT2D eigenvalue weighted by Gasteiger charge is 2.27. The van der Waals surface area contributed by atoms with Gasteiger partial charge in [-0.05, 0) is 63.6 Å². The molecule has 0 aromatic heterocycles. The minimum Gasteiger partial charge on any atom is -0.444 e. The molecular formula is C24H37N5O3. The summed E-state index contributed by atoms with van der Waals surface area (Å²) in [5.74, 6) is 1.46. The number of benzene rings is 1. The highest BCUT2D eigenvalue weighted by Crippen LogP contribution is 2.22. The Morgan fingerprint density at radius 1 is 1.12 bits per heavy atom. The maximum absolute atomic E-state index is 12.2. The molecule has 0 atom stereocenters. The lowest BCUT2D eigenvalue weighted by molar-refractivity contribution is -0.117. The van der Waals surface area contributed by atoms with Crippen LogP contribution in [0.25, 0.3) is 0 Å². The number of likely N-dealkylation sites (tertiary alicyclic amines) is 1. The molecule has 176 valence electrons. The highest BCUT2D eigenvalue weighted by atomic mass is 16.6. The van der Waals surface area contributed by atoms with Crippen LogP contribution in [0.1, 0.15) is 52.0 Å². The standard InChI is InChI=1S/C24H37N5O3/c1-24(2,3)32-23(31)28-14-11-19(12-15-28)17-27-22(25-4)26-16-18-7-9-20(10-8-18)29-13-5-6-21(29)30/h7-10,19H,5-6,11-17H2,1-4H3,(H2,25,26,27). The minimum absolute atomic E-state index is 0.206. The van der Waals surface area contributed by atoms with Gasteiger partial charge in [-0.1, -0.05) is 12.1 Å². The average Bonchev–Trinajstić information content (AvgIpc) is 3.19. The second-order valence-electron chi connectivity index (χ2n) is 9.53. The van der Waals surface area contributed by atoms with Gasteiger partial charge in [0.2, 0.25) is 5.91 Å². The third-order valence-corrected chi connectivity index (χ3v) is 5.83. The van der Waals surface area contributed by atoms with E-state index in [9.17, 15) is 9.59 Å². The van der Waals surface area contributed by atoms with Crippen molar-refractivity contribution in [3.05, 3.63) is 29.8 Å². The number of piperidine rings is 1. The van der Waals surface area contributed by atoms with Crippen LogP contribution in [-0.2, 0) is 16.1 Å². The normalized spacial score (nSPS) is 18.1. The van der Waals surface area contributed by atoms with E-state index in [-0.39, 0.29) is 12.0 Å². The Bertz CT molecular complexity index is 808. The molecule has 8 nitrogen and oxygen atoms in total. The zero-order chi connectivity index (χ0) is 23.1. The van der Waals surface area contributed by atoms with Crippen LogP contribution in [0.15, 0.2) is 29.3 Å². The number of nitrogens with one attached hydrogen (secondary N) is 2. The minimum atomic E-state index is -0.459. The van der Waals surface area contributed by atoms with Crippen LogP contribution < -0.4 is 15.5 Å². The largest absolute Gasteiger partial charge is 0.444 e. The van der Waals surface area contributed by atoms with E-state index in [1.54, 1.807) is 11.9 Å². The van der Waals surface area contributed by atoms with Crippen molar-refractivity contribution >= 4 is 23.6 Å². The first-order valence-corrected chi connectivity index (χ1v) is 11.6. The lowest BCUT2D eigenvalue weighted by atomic mass is 9.97. The van der Waals surface area contributed by atoms with Crippen molar-refractivity contribution in [2.45, 2.75) is 58.6 Å². The first-order valence-electron chi connectivity index (χ1n) is 11.6. The number of rotatable bonds is 5. The van der Waals surface area contributed by atoms with E-state index in [1.165, 1.54) is 0 Å². The number of hydrogen-bond donors (Lipinski definition) is 2. The maximum Gasteiger partial charge on any atom is 0.410 e. The average molecular weight is 444 g/mol. The van der Waals surface area contributed by atoms with Gasteiger partial charge in [0, 0.05) is 51.9 Å². The van der Waals surface area contributed by atoms with E-state index < -0.39 is 5.60 Å². The van der Waals surface area contributed by atoms with Gasteiger partial charge in [0.05, 0.1) is 0 Å². The van der Waals surface area contributed by atoms with Gasteiger partial charge in [-0.2, -0.15) is 0 Å². The summed E-state index contributed by atoms with van der Waals surface area (Å²) in [5, 5.41) is 6.75. The third-order valence-electron chi connectivity index (χ3n) is 5.83. The van der Waals surface area contributed by atoms with Gasteiger partial charge in [-0.3, -0.25) is 9.79 Å². The molecule has 8 heteroatoms. The van der Waals surface area contributed by atoms with Crippen molar-refractivity contribution in [3.8, 4) is 0 Å². The molecule has 0 spiro atoms. The van der Waals surface area contributed by atoms with Gasteiger partial charge in [-0.15, -0.1) is 0 Å². The van der Waals surface area contributed by atoms with Gasteiger partial charge in [-0.25, -0.2) is 4.79 Å². The Hall–Kier alpha value is -2.77. The first kappa shape index (κ1) is 23.9. The SMILES string of the molecule is CN=C(NCc1ccc(N2CCCC2=O)cc1)NCC1CCN(C(=O)OC(C)(C)C)CC1. The van der Waals surface area contributed by atoms with Gasteiger partial charge in [0.15, 0.2) is 5.96 Å². The van der Waals surface area contributed by atoms with E-state index in [0.29, 0.717) is 18.9 Å². The predicted octanol–water partition coefficient (Wildman–Crippen LogP) is 3.13. The van der Waals surface area contributed by atoms with Crippen LogP contribution in [0.3, 0.4) is 0 Å². The fourth-order valence-electron chi connectivity index (χ4n) is 4.01. The number of guanidine groups is 1. The summed E-state index contributed by atoms with van der Waals surface area (Å²) in [7, 11) is 1.77. The summed E-state index contributed by atoms with van der Waals surface area (Å²) in [6, 6.07) is 8.12.